The summed E-state index contributed by atoms with van der Waals surface area (Å²) in [5, 5.41) is 0.738. The van der Waals surface area contributed by atoms with Gasteiger partial charge in [0.1, 0.15) is 22.8 Å². The minimum atomic E-state index is -3.82. The molecular weight excluding hydrogens is 566 g/mol. The van der Waals surface area contributed by atoms with Crippen LogP contribution >= 0.6 is 0 Å². The highest BCUT2D eigenvalue weighted by atomic mass is 32.2. The summed E-state index contributed by atoms with van der Waals surface area (Å²) in [6, 6.07) is 16.1. The number of likely N-dealkylation sites (tertiary alicyclic amines) is 1. The Morgan fingerprint density at radius 1 is 1.02 bits per heavy atom. The molecule has 1 aliphatic carbocycles. The molecule has 0 radical (unpaired) electrons. The molecule has 222 valence electrons. The third-order valence-electron chi connectivity index (χ3n) is 9.09. The van der Waals surface area contributed by atoms with Crippen molar-refractivity contribution < 1.29 is 22.7 Å². The van der Waals surface area contributed by atoms with E-state index in [-0.39, 0.29) is 22.9 Å². The summed E-state index contributed by atoms with van der Waals surface area (Å²) in [6.45, 7) is 2.45. The van der Waals surface area contributed by atoms with Crippen LogP contribution in [0.3, 0.4) is 0 Å². The summed E-state index contributed by atoms with van der Waals surface area (Å²) in [6.07, 6.45) is 6.40. The Morgan fingerprint density at radius 3 is 2.60 bits per heavy atom. The van der Waals surface area contributed by atoms with Crippen molar-refractivity contribution in [2.45, 2.75) is 56.1 Å². The highest BCUT2D eigenvalue weighted by Gasteiger charge is 2.44. The molecule has 5 aromatic rings. The van der Waals surface area contributed by atoms with Crippen molar-refractivity contribution in [3.05, 3.63) is 78.4 Å². The summed E-state index contributed by atoms with van der Waals surface area (Å²) in [5.74, 6) is 2.71. The van der Waals surface area contributed by atoms with Gasteiger partial charge in [0.15, 0.2) is 5.65 Å². The normalized spacial score (nSPS) is 20.6. The van der Waals surface area contributed by atoms with Gasteiger partial charge in [-0.1, -0.05) is 18.2 Å². The van der Waals surface area contributed by atoms with E-state index < -0.39 is 10.0 Å². The number of imidazole rings is 1. The average molecular weight is 600 g/mol. The van der Waals surface area contributed by atoms with Gasteiger partial charge in [-0.3, -0.25) is 4.79 Å². The summed E-state index contributed by atoms with van der Waals surface area (Å²) < 4.78 is 41.5. The number of methoxy groups -OCH3 is 2. The van der Waals surface area contributed by atoms with Crippen LogP contribution in [0.15, 0.2) is 71.9 Å². The van der Waals surface area contributed by atoms with E-state index in [4.69, 9.17) is 14.5 Å². The van der Waals surface area contributed by atoms with Crippen LogP contribution in [0, 0.1) is 12.8 Å². The lowest BCUT2D eigenvalue weighted by Gasteiger charge is -2.37. The molecule has 3 unspecified atom stereocenters. The monoisotopic (exact) mass is 599 g/mol. The first kappa shape index (κ1) is 27.5. The first-order valence-corrected chi connectivity index (χ1v) is 15.9. The number of benzene rings is 2. The minimum absolute atomic E-state index is 0.0790. The van der Waals surface area contributed by atoms with E-state index in [2.05, 4.69) is 9.55 Å². The lowest BCUT2D eigenvalue weighted by atomic mass is 9.82. The number of hydrogen-bond acceptors (Lipinski definition) is 7. The summed E-state index contributed by atoms with van der Waals surface area (Å²) in [7, 11) is -0.576. The SMILES string of the molecule is COc1ccc(CN2C(=O)CC3CCC(n4c(C)nc5cnc6c(ccn6S(=O)(=O)c6ccccc6)c54)CC32)c(OC)c1. The van der Waals surface area contributed by atoms with E-state index in [0.717, 1.165) is 47.1 Å². The van der Waals surface area contributed by atoms with Crippen LogP contribution in [-0.4, -0.2) is 58.0 Å². The molecule has 3 atom stereocenters. The Kier molecular flexibility index (Phi) is 6.65. The van der Waals surface area contributed by atoms with Crippen molar-refractivity contribution in [2.24, 2.45) is 5.92 Å². The van der Waals surface area contributed by atoms with Gasteiger partial charge in [-0.15, -0.1) is 0 Å². The van der Waals surface area contributed by atoms with Crippen molar-refractivity contribution >= 4 is 38.0 Å². The van der Waals surface area contributed by atoms with Crippen LogP contribution < -0.4 is 9.47 Å². The minimum Gasteiger partial charge on any atom is -0.497 e. The van der Waals surface area contributed by atoms with Gasteiger partial charge in [0.25, 0.3) is 10.0 Å². The number of hydrogen-bond donors (Lipinski definition) is 0. The molecule has 3 aromatic heterocycles. The van der Waals surface area contributed by atoms with E-state index >= 15 is 0 Å². The zero-order valence-electron chi connectivity index (χ0n) is 24.3. The highest BCUT2D eigenvalue weighted by Crippen LogP contribution is 2.44. The third-order valence-corrected chi connectivity index (χ3v) is 10.8. The number of aryl methyl sites for hydroxylation is 1. The molecule has 0 N–H and O–H groups in total. The smallest absolute Gasteiger partial charge is 0.269 e. The maximum absolute atomic E-state index is 13.5. The summed E-state index contributed by atoms with van der Waals surface area (Å²) in [4.78, 5) is 24.9. The summed E-state index contributed by atoms with van der Waals surface area (Å²) >= 11 is 0. The molecule has 43 heavy (non-hydrogen) atoms. The molecule has 1 aliphatic heterocycles. The molecule has 2 fully saturated rings. The largest absolute Gasteiger partial charge is 0.497 e. The molecule has 10 nitrogen and oxygen atoms in total. The van der Waals surface area contributed by atoms with Crippen LogP contribution in [-0.2, 0) is 21.4 Å². The number of nitrogens with zero attached hydrogens (tertiary/aromatic N) is 5. The second kappa shape index (κ2) is 10.4. The van der Waals surface area contributed by atoms with Gasteiger partial charge in [0.2, 0.25) is 5.91 Å². The number of amides is 1. The first-order valence-electron chi connectivity index (χ1n) is 14.5. The molecule has 2 aliphatic rings. The van der Waals surface area contributed by atoms with Crippen LogP contribution in [0.4, 0.5) is 0 Å². The van der Waals surface area contributed by atoms with Gasteiger partial charge in [-0.05, 0) is 62.4 Å². The van der Waals surface area contributed by atoms with Crippen molar-refractivity contribution in [3.8, 4) is 11.5 Å². The number of rotatable bonds is 7. The second-order valence-electron chi connectivity index (χ2n) is 11.4. The first-order chi connectivity index (χ1) is 20.8. The predicted octanol–water partition coefficient (Wildman–Crippen LogP) is 5.09. The number of carbonyl (C=O) groups excluding carboxylic acids is 1. The Bertz CT molecular complexity index is 1970. The quantitative estimate of drug-likeness (QED) is 0.256. The predicted molar refractivity (Wildman–Crippen MR) is 162 cm³/mol. The van der Waals surface area contributed by atoms with Crippen LogP contribution in [0.5, 0.6) is 11.5 Å². The van der Waals surface area contributed by atoms with Crippen LogP contribution in [0.25, 0.3) is 22.1 Å². The molecule has 1 amide bonds. The standard InChI is InChI=1S/C32H33N5O5S/c1-20-34-27-18-33-32-26(13-14-36(32)43(39,40)25-7-5-4-6-8-25)31(27)37(20)23-11-9-21-15-30(38)35(28(21)16-23)19-22-10-12-24(41-2)17-29(22)42-3/h4-8,10,12-14,17-18,21,23,28H,9,11,15-16,19H2,1-3H3. The molecule has 4 heterocycles. The van der Waals surface area contributed by atoms with Crippen molar-refractivity contribution in [2.75, 3.05) is 14.2 Å². The fourth-order valence-electron chi connectivity index (χ4n) is 7.05. The Balaban J connectivity index is 1.25. The van der Waals surface area contributed by atoms with Gasteiger partial charge in [0.05, 0.1) is 30.8 Å². The van der Waals surface area contributed by atoms with E-state index in [1.807, 2.05) is 36.1 Å². The van der Waals surface area contributed by atoms with Gasteiger partial charge in [-0.2, -0.15) is 0 Å². The number of aromatic nitrogens is 4. The maximum Gasteiger partial charge on any atom is 0.269 e. The Morgan fingerprint density at radius 2 is 1.84 bits per heavy atom. The van der Waals surface area contributed by atoms with Crippen LogP contribution in [0.1, 0.15) is 43.1 Å². The fraction of sp³-hybridized carbons (Fsp3) is 0.344. The maximum atomic E-state index is 13.5. The molecule has 11 heteroatoms. The van der Waals surface area contributed by atoms with Gasteiger partial charge in [0, 0.05) is 48.3 Å². The van der Waals surface area contributed by atoms with E-state index in [1.165, 1.54) is 3.97 Å². The van der Waals surface area contributed by atoms with E-state index in [0.29, 0.717) is 36.0 Å². The molecule has 0 bridgehead atoms. The zero-order chi connectivity index (χ0) is 29.9. The van der Waals surface area contributed by atoms with E-state index in [9.17, 15) is 13.2 Å². The number of carbonyl (C=O) groups is 1. The van der Waals surface area contributed by atoms with Crippen molar-refractivity contribution in [3.63, 3.8) is 0 Å². The molecule has 1 saturated carbocycles. The topological polar surface area (TPSA) is 109 Å². The molecular formula is C32H33N5O5S. The zero-order valence-corrected chi connectivity index (χ0v) is 25.1. The average Bonchev–Trinajstić information content (AvgIpc) is 3.70. The van der Waals surface area contributed by atoms with Crippen molar-refractivity contribution in [1.82, 2.24) is 23.4 Å². The molecule has 7 rings (SSSR count). The highest BCUT2D eigenvalue weighted by molar-refractivity contribution is 7.90. The number of fused-ring (bicyclic) bond motifs is 4. The molecule has 1 saturated heterocycles. The Labute approximate surface area is 249 Å². The van der Waals surface area contributed by atoms with Gasteiger partial charge < -0.3 is 18.9 Å². The lowest BCUT2D eigenvalue weighted by Crippen LogP contribution is -2.39. The van der Waals surface area contributed by atoms with E-state index in [1.54, 1.807) is 56.9 Å². The second-order valence-corrected chi connectivity index (χ2v) is 13.2. The fourth-order valence-corrected chi connectivity index (χ4v) is 8.37. The van der Waals surface area contributed by atoms with Gasteiger partial charge >= 0.3 is 0 Å². The van der Waals surface area contributed by atoms with Gasteiger partial charge in [-0.25, -0.2) is 22.4 Å². The van der Waals surface area contributed by atoms with Crippen molar-refractivity contribution in [1.29, 1.82) is 0 Å². The summed E-state index contributed by atoms with van der Waals surface area (Å²) in [5.41, 5.74) is 2.91. The molecule has 0 spiro atoms. The molecule has 2 aromatic carbocycles. The number of ether oxygens (including phenoxy) is 2. The van der Waals surface area contributed by atoms with Crippen LogP contribution in [0.2, 0.25) is 0 Å². The Hall–Kier alpha value is -4.38. The number of pyridine rings is 1. The lowest BCUT2D eigenvalue weighted by molar-refractivity contribution is -0.129. The third kappa shape index (κ3) is 4.45.